The number of halogens is 3. The number of alkyl halides is 3. The SMILES string of the molecule is N#Cc1ccc(S(=O)(=O)NCCN2CCNCC2)cc1C(F)(F)F. The highest BCUT2D eigenvalue weighted by Crippen LogP contribution is 2.33. The maximum absolute atomic E-state index is 12.9. The van der Waals surface area contributed by atoms with Crippen LogP contribution in [0.4, 0.5) is 13.2 Å². The van der Waals surface area contributed by atoms with Gasteiger partial charge in [-0.2, -0.15) is 18.4 Å². The molecule has 0 radical (unpaired) electrons. The van der Waals surface area contributed by atoms with Crippen molar-refractivity contribution in [1.29, 1.82) is 5.26 Å². The van der Waals surface area contributed by atoms with Gasteiger partial charge < -0.3 is 5.32 Å². The highest BCUT2D eigenvalue weighted by atomic mass is 32.2. The van der Waals surface area contributed by atoms with Crippen LogP contribution in [0.5, 0.6) is 0 Å². The molecule has 0 aromatic heterocycles. The van der Waals surface area contributed by atoms with Gasteiger partial charge in [-0.1, -0.05) is 0 Å². The van der Waals surface area contributed by atoms with Gasteiger partial charge in [0, 0.05) is 39.3 Å². The van der Waals surface area contributed by atoms with Gasteiger partial charge in [0.05, 0.1) is 22.1 Å². The Morgan fingerprint density at radius 1 is 1.29 bits per heavy atom. The number of nitriles is 1. The normalized spacial score (nSPS) is 16.8. The molecule has 0 atom stereocenters. The fraction of sp³-hybridized carbons (Fsp3) is 0.500. The summed E-state index contributed by atoms with van der Waals surface area (Å²) in [4.78, 5) is 1.55. The van der Waals surface area contributed by atoms with Gasteiger partial charge in [-0.3, -0.25) is 4.90 Å². The fourth-order valence-electron chi connectivity index (χ4n) is 2.38. The van der Waals surface area contributed by atoms with Crippen LogP contribution in [-0.2, 0) is 16.2 Å². The molecule has 1 saturated heterocycles. The third-order valence-electron chi connectivity index (χ3n) is 3.66. The van der Waals surface area contributed by atoms with Gasteiger partial charge in [-0.05, 0) is 18.2 Å². The van der Waals surface area contributed by atoms with Crippen molar-refractivity contribution in [1.82, 2.24) is 14.9 Å². The van der Waals surface area contributed by atoms with Crippen LogP contribution in [0.2, 0.25) is 0 Å². The fourth-order valence-corrected chi connectivity index (χ4v) is 3.43. The summed E-state index contributed by atoms with van der Waals surface area (Å²) in [5.41, 5.74) is -1.86. The minimum atomic E-state index is -4.79. The maximum atomic E-state index is 12.9. The van der Waals surface area contributed by atoms with Crippen molar-refractivity contribution in [2.45, 2.75) is 11.1 Å². The molecule has 1 aliphatic heterocycles. The number of nitrogens with one attached hydrogen (secondary N) is 2. The molecule has 0 aliphatic carbocycles. The number of rotatable bonds is 5. The number of benzene rings is 1. The average molecular weight is 362 g/mol. The molecule has 6 nitrogen and oxygen atoms in total. The van der Waals surface area contributed by atoms with E-state index in [1.54, 1.807) is 0 Å². The Morgan fingerprint density at radius 2 is 1.96 bits per heavy atom. The van der Waals surface area contributed by atoms with E-state index in [4.69, 9.17) is 5.26 Å². The Bertz CT molecular complexity index is 723. The van der Waals surface area contributed by atoms with Crippen molar-refractivity contribution in [2.24, 2.45) is 0 Å². The molecule has 0 saturated carbocycles. The van der Waals surface area contributed by atoms with E-state index in [0.29, 0.717) is 12.6 Å². The number of piperazine rings is 1. The second kappa shape index (κ2) is 7.48. The summed E-state index contributed by atoms with van der Waals surface area (Å²) < 4.78 is 65.4. The molecule has 1 aromatic carbocycles. The van der Waals surface area contributed by atoms with Crippen LogP contribution in [-0.4, -0.2) is 52.6 Å². The summed E-state index contributed by atoms with van der Waals surface area (Å²) in [6, 6.07) is 3.78. The highest BCUT2D eigenvalue weighted by Gasteiger charge is 2.35. The van der Waals surface area contributed by atoms with Crippen LogP contribution < -0.4 is 10.0 Å². The predicted octanol–water partition coefficient (Wildman–Crippen LogP) is 0.761. The summed E-state index contributed by atoms with van der Waals surface area (Å²) in [5.74, 6) is 0. The molecule has 1 heterocycles. The lowest BCUT2D eigenvalue weighted by molar-refractivity contribution is -0.137. The predicted molar refractivity (Wildman–Crippen MR) is 80.7 cm³/mol. The van der Waals surface area contributed by atoms with E-state index in [2.05, 4.69) is 14.9 Å². The molecule has 1 aromatic rings. The second-order valence-electron chi connectivity index (χ2n) is 5.31. The van der Waals surface area contributed by atoms with Crippen molar-refractivity contribution in [3.63, 3.8) is 0 Å². The van der Waals surface area contributed by atoms with Gasteiger partial charge in [0.25, 0.3) is 0 Å². The first-order valence-corrected chi connectivity index (χ1v) is 8.76. The largest absolute Gasteiger partial charge is 0.417 e. The third kappa shape index (κ3) is 4.67. The molecule has 10 heteroatoms. The number of sulfonamides is 1. The molecular formula is C14H17F3N4O2S. The standard InChI is InChI=1S/C14H17F3N4O2S/c15-14(16,17)13-9-12(2-1-11(13)10-18)24(22,23)20-5-8-21-6-3-19-4-7-21/h1-2,9,19-20H,3-8H2. The second-order valence-corrected chi connectivity index (χ2v) is 7.07. The van der Waals surface area contributed by atoms with E-state index in [1.165, 1.54) is 6.07 Å². The lowest BCUT2D eigenvalue weighted by atomic mass is 10.1. The highest BCUT2D eigenvalue weighted by molar-refractivity contribution is 7.89. The first kappa shape index (κ1) is 18.7. The minimum Gasteiger partial charge on any atom is -0.314 e. The molecule has 1 aliphatic rings. The molecular weight excluding hydrogens is 345 g/mol. The minimum absolute atomic E-state index is 0.101. The molecule has 0 unspecified atom stereocenters. The van der Waals surface area contributed by atoms with Crippen LogP contribution in [0.15, 0.2) is 23.1 Å². The van der Waals surface area contributed by atoms with Crippen LogP contribution in [0.25, 0.3) is 0 Å². The Hall–Kier alpha value is -1.67. The van der Waals surface area contributed by atoms with E-state index in [0.717, 1.165) is 38.3 Å². The molecule has 0 spiro atoms. The van der Waals surface area contributed by atoms with Gasteiger partial charge in [-0.15, -0.1) is 0 Å². The molecule has 2 rings (SSSR count). The van der Waals surface area contributed by atoms with Crippen molar-refractivity contribution in [2.75, 3.05) is 39.3 Å². The van der Waals surface area contributed by atoms with E-state index in [9.17, 15) is 21.6 Å². The first-order valence-electron chi connectivity index (χ1n) is 7.28. The topological polar surface area (TPSA) is 85.2 Å². The van der Waals surface area contributed by atoms with Crippen molar-refractivity contribution < 1.29 is 21.6 Å². The number of hydrogen-bond acceptors (Lipinski definition) is 5. The van der Waals surface area contributed by atoms with E-state index in [1.807, 2.05) is 0 Å². The van der Waals surface area contributed by atoms with E-state index < -0.39 is 32.2 Å². The van der Waals surface area contributed by atoms with Crippen LogP contribution in [0, 0.1) is 11.3 Å². The summed E-state index contributed by atoms with van der Waals surface area (Å²) in [7, 11) is -4.07. The summed E-state index contributed by atoms with van der Waals surface area (Å²) in [6.07, 6.45) is -4.79. The van der Waals surface area contributed by atoms with Crippen LogP contribution >= 0.6 is 0 Å². The Kier molecular flexibility index (Phi) is 5.82. The van der Waals surface area contributed by atoms with E-state index in [-0.39, 0.29) is 6.54 Å². The molecule has 0 amide bonds. The smallest absolute Gasteiger partial charge is 0.314 e. The summed E-state index contributed by atoms with van der Waals surface area (Å²) in [5, 5.41) is 11.9. The Morgan fingerprint density at radius 3 is 2.54 bits per heavy atom. The van der Waals surface area contributed by atoms with Crippen molar-refractivity contribution in [3.05, 3.63) is 29.3 Å². The van der Waals surface area contributed by atoms with Gasteiger partial charge in [0.1, 0.15) is 0 Å². The quantitative estimate of drug-likeness (QED) is 0.808. The summed E-state index contributed by atoms with van der Waals surface area (Å²) >= 11 is 0. The lowest BCUT2D eigenvalue weighted by Gasteiger charge is -2.27. The van der Waals surface area contributed by atoms with Gasteiger partial charge in [0.2, 0.25) is 10.0 Å². The zero-order chi connectivity index (χ0) is 17.8. The third-order valence-corrected chi connectivity index (χ3v) is 5.12. The molecule has 132 valence electrons. The monoisotopic (exact) mass is 362 g/mol. The maximum Gasteiger partial charge on any atom is 0.417 e. The molecule has 24 heavy (non-hydrogen) atoms. The molecule has 2 N–H and O–H groups in total. The van der Waals surface area contributed by atoms with Crippen LogP contribution in [0.1, 0.15) is 11.1 Å². The van der Waals surface area contributed by atoms with Gasteiger partial charge in [0.15, 0.2) is 0 Å². The van der Waals surface area contributed by atoms with Gasteiger partial charge >= 0.3 is 6.18 Å². The Balaban J connectivity index is 2.10. The number of hydrogen-bond donors (Lipinski definition) is 2. The average Bonchev–Trinajstić information content (AvgIpc) is 2.54. The zero-order valence-electron chi connectivity index (χ0n) is 12.7. The Labute approximate surface area is 138 Å². The number of nitrogens with zero attached hydrogens (tertiary/aromatic N) is 2. The lowest BCUT2D eigenvalue weighted by Crippen LogP contribution is -2.46. The van der Waals surface area contributed by atoms with Crippen molar-refractivity contribution >= 4 is 10.0 Å². The first-order chi connectivity index (χ1) is 11.2. The van der Waals surface area contributed by atoms with E-state index >= 15 is 0 Å². The van der Waals surface area contributed by atoms with Crippen LogP contribution in [0.3, 0.4) is 0 Å². The molecule has 1 fully saturated rings. The molecule has 0 bridgehead atoms. The summed E-state index contributed by atoms with van der Waals surface area (Å²) in [6.45, 7) is 3.79. The zero-order valence-corrected chi connectivity index (χ0v) is 13.5. The van der Waals surface area contributed by atoms with Crippen molar-refractivity contribution in [3.8, 4) is 6.07 Å². The van der Waals surface area contributed by atoms with Gasteiger partial charge in [-0.25, -0.2) is 13.1 Å².